The quantitative estimate of drug-likeness (QED) is 0.456. The Balaban J connectivity index is 1.78. The fourth-order valence-corrected chi connectivity index (χ4v) is 3.65. The van der Waals surface area contributed by atoms with Gasteiger partial charge in [-0.05, 0) is 48.5 Å². The highest BCUT2D eigenvalue weighted by Gasteiger charge is 2.14. The first-order chi connectivity index (χ1) is 13.2. The second kappa shape index (κ2) is 7.67. The van der Waals surface area contributed by atoms with E-state index in [0.717, 1.165) is 26.7 Å². The van der Waals surface area contributed by atoms with Gasteiger partial charge in [-0.15, -0.1) is 0 Å². The molecule has 0 saturated carbocycles. The summed E-state index contributed by atoms with van der Waals surface area (Å²) < 4.78 is 1.82. The van der Waals surface area contributed by atoms with Gasteiger partial charge in [0.05, 0.1) is 28.4 Å². The van der Waals surface area contributed by atoms with Crippen molar-refractivity contribution in [1.29, 1.82) is 5.26 Å². The Hall–Kier alpha value is -3.07. The van der Waals surface area contributed by atoms with Gasteiger partial charge in [0.2, 0.25) is 0 Å². The molecule has 0 spiro atoms. The molecule has 0 saturated heterocycles. The van der Waals surface area contributed by atoms with Crippen LogP contribution in [0.25, 0.3) is 16.9 Å². The molecule has 0 radical (unpaired) electrons. The van der Waals surface area contributed by atoms with Crippen LogP contribution in [0.2, 0.25) is 5.02 Å². The summed E-state index contributed by atoms with van der Waals surface area (Å²) in [5, 5.41) is 14.5. The number of nitrogens with zero attached hydrogens (tertiary/aromatic N) is 4. The van der Waals surface area contributed by atoms with E-state index in [0.29, 0.717) is 10.6 Å². The van der Waals surface area contributed by atoms with E-state index >= 15 is 0 Å². The summed E-state index contributed by atoms with van der Waals surface area (Å²) in [6.07, 6.45) is 5.49. The molecule has 0 bridgehead atoms. The van der Waals surface area contributed by atoms with Crippen molar-refractivity contribution >= 4 is 23.4 Å². The molecule has 0 amide bonds. The number of hydrogen-bond acceptors (Lipinski definition) is 4. The zero-order valence-electron chi connectivity index (χ0n) is 14.1. The fraction of sp³-hybridized carbons (Fsp3) is 0. The minimum absolute atomic E-state index is 0.623. The van der Waals surface area contributed by atoms with Crippen LogP contribution in [0, 0.1) is 11.3 Å². The molecule has 2 aromatic carbocycles. The maximum absolute atomic E-state index is 9.03. The molecule has 4 rings (SSSR count). The Labute approximate surface area is 166 Å². The zero-order valence-corrected chi connectivity index (χ0v) is 15.7. The number of nitriles is 1. The SMILES string of the molecule is N#Cc1ccc(-c2nn(-c3cccnc3)cc2Sc2ccc(Cl)cc2)cc1. The van der Waals surface area contributed by atoms with Gasteiger partial charge in [0.1, 0.15) is 5.69 Å². The molecule has 27 heavy (non-hydrogen) atoms. The Morgan fingerprint density at radius 2 is 1.78 bits per heavy atom. The van der Waals surface area contributed by atoms with Crippen molar-refractivity contribution in [3.05, 3.63) is 89.8 Å². The van der Waals surface area contributed by atoms with E-state index in [-0.39, 0.29) is 0 Å². The molecule has 0 atom stereocenters. The predicted octanol–water partition coefficient (Wildman–Crippen LogP) is 5.61. The molecule has 0 N–H and O–H groups in total. The number of rotatable bonds is 4. The zero-order chi connectivity index (χ0) is 18.6. The Bertz CT molecular complexity index is 1100. The first-order valence-corrected chi connectivity index (χ1v) is 9.36. The molecular formula is C21H13ClN4S. The molecule has 0 aliphatic carbocycles. The monoisotopic (exact) mass is 388 g/mol. The molecule has 6 heteroatoms. The van der Waals surface area contributed by atoms with Gasteiger partial charge in [-0.2, -0.15) is 10.4 Å². The van der Waals surface area contributed by atoms with E-state index in [2.05, 4.69) is 11.1 Å². The third-order valence-corrected chi connectivity index (χ3v) is 5.20. The summed E-state index contributed by atoms with van der Waals surface area (Å²) >= 11 is 7.61. The van der Waals surface area contributed by atoms with E-state index in [9.17, 15) is 0 Å². The summed E-state index contributed by atoms with van der Waals surface area (Å²) in [5.41, 5.74) is 3.31. The van der Waals surface area contributed by atoms with Crippen LogP contribution in [0.1, 0.15) is 5.56 Å². The number of hydrogen-bond donors (Lipinski definition) is 0. The van der Waals surface area contributed by atoms with E-state index in [1.54, 1.807) is 36.3 Å². The van der Waals surface area contributed by atoms with Crippen molar-refractivity contribution in [3.63, 3.8) is 0 Å². The van der Waals surface area contributed by atoms with E-state index < -0.39 is 0 Å². The molecule has 0 aliphatic heterocycles. The predicted molar refractivity (Wildman–Crippen MR) is 107 cm³/mol. The van der Waals surface area contributed by atoms with Gasteiger partial charge in [0, 0.05) is 27.9 Å². The lowest BCUT2D eigenvalue weighted by Crippen LogP contribution is -1.95. The van der Waals surface area contributed by atoms with Crippen LogP contribution in [-0.2, 0) is 0 Å². The standard InChI is InChI=1S/C21H13ClN4S/c22-17-7-9-19(10-8-17)27-20-14-26(18-2-1-11-24-13-18)25-21(20)16-5-3-15(12-23)4-6-16/h1-11,13-14H. The molecular weight excluding hydrogens is 376 g/mol. The summed E-state index contributed by atoms with van der Waals surface area (Å²) in [6.45, 7) is 0. The molecule has 130 valence electrons. The van der Waals surface area contributed by atoms with Crippen LogP contribution in [0.15, 0.2) is 89.0 Å². The average Bonchev–Trinajstić information content (AvgIpc) is 3.14. The molecule has 0 fully saturated rings. The van der Waals surface area contributed by atoms with Crippen molar-refractivity contribution in [3.8, 4) is 23.0 Å². The molecule has 0 unspecified atom stereocenters. The van der Waals surface area contributed by atoms with Gasteiger partial charge in [-0.1, -0.05) is 35.5 Å². The van der Waals surface area contributed by atoms with Gasteiger partial charge in [-0.25, -0.2) is 4.68 Å². The van der Waals surface area contributed by atoms with Crippen LogP contribution in [-0.4, -0.2) is 14.8 Å². The largest absolute Gasteiger partial charge is 0.262 e. The minimum atomic E-state index is 0.623. The summed E-state index contributed by atoms with van der Waals surface area (Å²) in [4.78, 5) is 6.25. The summed E-state index contributed by atoms with van der Waals surface area (Å²) in [7, 11) is 0. The summed E-state index contributed by atoms with van der Waals surface area (Å²) in [6, 6.07) is 21.1. The molecule has 4 aromatic rings. The van der Waals surface area contributed by atoms with E-state index in [1.165, 1.54) is 0 Å². The van der Waals surface area contributed by atoms with Crippen molar-refractivity contribution in [2.75, 3.05) is 0 Å². The average molecular weight is 389 g/mol. The molecule has 2 aromatic heterocycles. The van der Waals surface area contributed by atoms with Crippen molar-refractivity contribution in [2.45, 2.75) is 9.79 Å². The maximum Gasteiger partial charge on any atom is 0.107 e. The second-order valence-electron chi connectivity index (χ2n) is 5.74. The Morgan fingerprint density at radius 1 is 1.00 bits per heavy atom. The lowest BCUT2D eigenvalue weighted by Gasteiger charge is -2.03. The Kier molecular flexibility index (Phi) is 4.93. The number of benzene rings is 2. The maximum atomic E-state index is 9.03. The highest BCUT2D eigenvalue weighted by atomic mass is 35.5. The highest BCUT2D eigenvalue weighted by molar-refractivity contribution is 7.99. The van der Waals surface area contributed by atoms with Gasteiger partial charge < -0.3 is 0 Å². The second-order valence-corrected chi connectivity index (χ2v) is 7.29. The van der Waals surface area contributed by atoms with Crippen LogP contribution >= 0.6 is 23.4 Å². The topological polar surface area (TPSA) is 54.5 Å². The van der Waals surface area contributed by atoms with E-state index in [1.807, 2.05) is 59.4 Å². The highest BCUT2D eigenvalue weighted by Crippen LogP contribution is 2.36. The third-order valence-electron chi connectivity index (χ3n) is 3.92. The van der Waals surface area contributed by atoms with Crippen LogP contribution in [0.3, 0.4) is 0 Å². The smallest absolute Gasteiger partial charge is 0.107 e. The van der Waals surface area contributed by atoms with Gasteiger partial charge in [0.15, 0.2) is 0 Å². The van der Waals surface area contributed by atoms with Crippen molar-refractivity contribution in [1.82, 2.24) is 14.8 Å². The lowest BCUT2D eigenvalue weighted by molar-refractivity contribution is 0.876. The minimum Gasteiger partial charge on any atom is -0.262 e. The van der Waals surface area contributed by atoms with Gasteiger partial charge in [0.25, 0.3) is 0 Å². The van der Waals surface area contributed by atoms with Gasteiger partial charge in [-0.3, -0.25) is 4.98 Å². The third kappa shape index (κ3) is 3.87. The normalized spacial score (nSPS) is 10.5. The van der Waals surface area contributed by atoms with Crippen LogP contribution in [0.5, 0.6) is 0 Å². The Morgan fingerprint density at radius 3 is 2.44 bits per heavy atom. The molecule has 2 heterocycles. The van der Waals surface area contributed by atoms with E-state index in [4.69, 9.17) is 22.0 Å². The number of aromatic nitrogens is 3. The summed E-state index contributed by atoms with van der Waals surface area (Å²) in [5.74, 6) is 0. The fourth-order valence-electron chi connectivity index (χ4n) is 2.59. The molecule has 0 aliphatic rings. The first-order valence-electron chi connectivity index (χ1n) is 8.17. The molecule has 4 nitrogen and oxygen atoms in total. The van der Waals surface area contributed by atoms with Gasteiger partial charge >= 0.3 is 0 Å². The number of halogens is 1. The van der Waals surface area contributed by atoms with Crippen molar-refractivity contribution in [2.24, 2.45) is 0 Å². The first kappa shape index (κ1) is 17.3. The number of pyridine rings is 1. The van der Waals surface area contributed by atoms with Crippen LogP contribution < -0.4 is 0 Å². The lowest BCUT2D eigenvalue weighted by atomic mass is 10.1. The van der Waals surface area contributed by atoms with Crippen molar-refractivity contribution < 1.29 is 0 Å². The van der Waals surface area contributed by atoms with Crippen LogP contribution in [0.4, 0.5) is 0 Å².